The molecule has 0 fully saturated rings. The van der Waals surface area contributed by atoms with Gasteiger partial charge < -0.3 is 14.2 Å². The van der Waals surface area contributed by atoms with Crippen molar-refractivity contribution in [2.45, 2.75) is 24.7 Å². The Kier molecular flexibility index (Phi) is 11.2. The Labute approximate surface area is 423 Å². The minimum Gasteiger partial charge on any atom is -0.481 e. The zero-order chi connectivity index (χ0) is 49.5. The highest BCUT2D eigenvalue weighted by Crippen LogP contribution is 2.53. The lowest BCUT2D eigenvalue weighted by molar-refractivity contribution is 0.102. The van der Waals surface area contributed by atoms with Crippen molar-refractivity contribution in [3.8, 4) is 46.7 Å². The SMILES string of the molecule is CC#CCOc1ccc2cc(C3(c4ccc(Oc5ccc(C6(c7ccc8cc(OCC#CC)ccc8c7)c7ccccc7C(=O)c7cnccc76)cc5)cc4)c4ccccc4C(=O)c4cnccc43)ccc2c1. The van der Waals surface area contributed by atoms with Crippen molar-refractivity contribution >= 4 is 33.1 Å². The molecular formula is C66H44N2O5. The van der Waals surface area contributed by atoms with E-state index in [0.29, 0.717) is 47.0 Å². The third-order valence-electron chi connectivity index (χ3n) is 14.4. The van der Waals surface area contributed by atoms with Crippen LogP contribution in [0, 0.1) is 23.7 Å². The summed E-state index contributed by atoms with van der Waals surface area (Å²) in [5.74, 6) is 14.4. The molecule has 2 aliphatic carbocycles. The lowest BCUT2D eigenvalue weighted by Crippen LogP contribution is -2.38. The van der Waals surface area contributed by atoms with Crippen molar-refractivity contribution in [3.63, 3.8) is 0 Å². The Morgan fingerprint density at radius 3 is 1.21 bits per heavy atom. The number of carbonyl (C=O) groups is 2. The summed E-state index contributed by atoms with van der Waals surface area (Å²) in [4.78, 5) is 37.3. The molecule has 2 atom stereocenters. The molecule has 2 aliphatic rings. The first kappa shape index (κ1) is 44.6. The number of pyridine rings is 2. The molecule has 7 heteroatoms. The highest BCUT2D eigenvalue weighted by Gasteiger charge is 2.48. The molecule has 7 nitrogen and oxygen atoms in total. The standard InChI is InChI=1S/C66H44N2O5/c1-3-5-35-71-53-25-17-43-37-49(19-15-45(43)39-53)65(59-13-9-7-11-55(59)63(69)57-41-67-33-31-61(57)65)47-21-27-51(28-22-47)73-52-29-23-48(24-30-52)66(50-20-16-46-40-54(72-36-6-4-2)26-18-44(46)38-50)60-14-10-8-12-56(60)64(70)58-42-68-34-32-62(58)66/h7-34,37-42H,35-36H2,1-2H3. The number of ketones is 2. The van der Waals surface area contributed by atoms with E-state index in [9.17, 15) is 9.59 Å². The molecule has 348 valence electrons. The van der Waals surface area contributed by atoms with E-state index in [1.807, 2.05) is 97.1 Å². The van der Waals surface area contributed by atoms with Crippen LogP contribution in [0.3, 0.4) is 0 Å². The van der Waals surface area contributed by atoms with Crippen LogP contribution in [-0.4, -0.2) is 34.7 Å². The number of hydrogen-bond donors (Lipinski definition) is 0. The van der Waals surface area contributed by atoms with Crippen LogP contribution in [0.15, 0.2) is 207 Å². The Balaban J connectivity index is 0.942. The average molecular weight is 945 g/mol. The minimum atomic E-state index is -0.885. The topological polar surface area (TPSA) is 87.6 Å². The Hall–Kier alpha value is -9.56. The predicted octanol–water partition coefficient (Wildman–Crippen LogP) is 13.2. The van der Waals surface area contributed by atoms with Gasteiger partial charge in [-0.2, -0.15) is 0 Å². The zero-order valence-electron chi connectivity index (χ0n) is 40.0. The first-order chi connectivity index (χ1) is 35.9. The van der Waals surface area contributed by atoms with Crippen molar-refractivity contribution < 1.29 is 23.8 Å². The van der Waals surface area contributed by atoms with Gasteiger partial charge in [-0.15, -0.1) is 11.8 Å². The predicted molar refractivity (Wildman–Crippen MR) is 285 cm³/mol. The maximum Gasteiger partial charge on any atom is 0.195 e. The summed E-state index contributed by atoms with van der Waals surface area (Å²) >= 11 is 0. The van der Waals surface area contributed by atoms with Crippen LogP contribution in [0.2, 0.25) is 0 Å². The van der Waals surface area contributed by atoms with E-state index in [1.165, 1.54) is 0 Å². The molecule has 0 N–H and O–H groups in total. The lowest BCUT2D eigenvalue weighted by Gasteiger charge is -2.41. The van der Waals surface area contributed by atoms with Gasteiger partial charge in [0.25, 0.3) is 0 Å². The second kappa shape index (κ2) is 18.3. The fourth-order valence-corrected chi connectivity index (χ4v) is 11.1. The summed E-state index contributed by atoms with van der Waals surface area (Å²) in [5, 5.41) is 4.11. The number of carbonyl (C=O) groups excluding carboxylic acids is 2. The summed E-state index contributed by atoms with van der Waals surface area (Å²) in [6, 6.07) is 61.2. The first-order valence-corrected chi connectivity index (χ1v) is 24.1. The second-order valence-electron chi connectivity index (χ2n) is 18.1. The quantitative estimate of drug-likeness (QED) is 0.126. The summed E-state index contributed by atoms with van der Waals surface area (Å²) < 4.78 is 18.5. The maximum atomic E-state index is 14.2. The molecule has 8 aromatic carbocycles. The lowest BCUT2D eigenvalue weighted by atomic mass is 9.59. The molecule has 0 spiro atoms. The van der Waals surface area contributed by atoms with Gasteiger partial charge in [0.2, 0.25) is 0 Å². The van der Waals surface area contributed by atoms with Gasteiger partial charge in [-0.1, -0.05) is 121 Å². The van der Waals surface area contributed by atoms with Crippen LogP contribution in [0.25, 0.3) is 21.5 Å². The number of rotatable bonds is 10. The normalized spacial score (nSPS) is 16.1. The largest absolute Gasteiger partial charge is 0.481 e. The van der Waals surface area contributed by atoms with Crippen LogP contribution >= 0.6 is 0 Å². The van der Waals surface area contributed by atoms with Gasteiger partial charge in [0.15, 0.2) is 11.6 Å². The fraction of sp³-hybridized carbons (Fsp3) is 0.0909. The summed E-state index contributed by atoms with van der Waals surface area (Å²) in [5.41, 5.74) is 8.03. The highest BCUT2D eigenvalue weighted by molar-refractivity contribution is 6.15. The van der Waals surface area contributed by atoms with Gasteiger partial charge in [0, 0.05) is 47.0 Å². The van der Waals surface area contributed by atoms with Crippen LogP contribution in [0.4, 0.5) is 0 Å². The molecule has 12 rings (SSSR count). The smallest absolute Gasteiger partial charge is 0.195 e. The number of hydrogen-bond acceptors (Lipinski definition) is 7. The van der Waals surface area contributed by atoms with E-state index in [4.69, 9.17) is 14.2 Å². The number of benzene rings is 8. The third kappa shape index (κ3) is 7.33. The summed E-state index contributed by atoms with van der Waals surface area (Å²) in [6.45, 7) is 4.23. The number of aromatic nitrogens is 2. The van der Waals surface area contributed by atoms with Gasteiger partial charge in [0.05, 0.1) is 10.8 Å². The molecule has 0 saturated heterocycles. The van der Waals surface area contributed by atoms with E-state index in [-0.39, 0.29) is 11.6 Å². The van der Waals surface area contributed by atoms with Crippen molar-refractivity contribution in [2.75, 3.05) is 13.2 Å². The van der Waals surface area contributed by atoms with E-state index in [1.54, 1.807) is 38.6 Å². The van der Waals surface area contributed by atoms with E-state index < -0.39 is 10.8 Å². The van der Waals surface area contributed by atoms with Crippen LogP contribution in [0.5, 0.6) is 23.0 Å². The third-order valence-corrected chi connectivity index (χ3v) is 14.4. The van der Waals surface area contributed by atoms with Gasteiger partial charge in [-0.25, -0.2) is 0 Å². The van der Waals surface area contributed by atoms with Crippen LogP contribution in [-0.2, 0) is 10.8 Å². The molecule has 0 bridgehead atoms. The molecule has 2 unspecified atom stereocenters. The van der Waals surface area contributed by atoms with Crippen molar-refractivity contribution in [3.05, 3.63) is 274 Å². The first-order valence-electron chi connectivity index (χ1n) is 24.1. The monoisotopic (exact) mass is 944 g/mol. The summed E-state index contributed by atoms with van der Waals surface area (Å²) in [6.07, 6.45) is 6.90. The number of nitrogens with zero attached hydrogens (tertiary/aromatic N) is 2. The number of fused-ring (bicyclic) bond motifs is 6. The highest BCUT2D eigenvalue weighted by atomic mass is 16.5. The average Bonchev–Trinajstić information content (AvgIpc) is 3.44. The van der Waals surface area contributed by atoms with Crippen molar-refractivity contribution in [1.82, 2.24) is 9.97 Å². The molecule has 2 aromatic heterocycles. The summed E-state index contributed by atoms with van der Waals surface area (Å²) in [7, 11) is 0. The molecule has 2 heterocycles. The van der Waals surface area contributed by atoms with Crippen molar-refractivity contribution in [1.29, 1.82) is 0 Å². The zero-order valence-corrected chi connectivity index (χ0v) is 40.0. The maximum absolute atomic E-state index is 14.2. The number of ether oxygens (including phenoxy) is 3. The van der Waals surface area contributed by atoms with Gasteiger partial charge in [0.1, 0.15) is 36.2 Å². The molecule has 10 aromatic rings. The Bertz CT molecular complexity index is 3630. The van der Waals surface area contributed by atoms with Gasteiger partial charge in [-0.3, -0.25) is 19.6 Å². The molecule has 0 aliphatic heterocycles. The van der Waals surface area contributed by atoms with E-state index >= 15 is 0 Å². The molecule has 0 amide bonds. The van der Waals surface area contributed by atoms with Crippen LogP contribution < -0.4 is 14.2 Å². The molecular weight excluding hydrogens is 901 g/mol. The van der Waals surface area contributed by atoms with Crippen LogP contribution in [0.1, 0.15) is 90.2 Å². The van der Waals surface area contributed by atoms with Crippen molar-refractivity contribution in [2.24, 2.45) is 0 Å². The fourth-order valence-electron chi connectivity index (χ4n) is 11.1. The Morgan fingerprint density at radius 1 is 0.397 bits per heavy atom. The molecule has 0 saturated carbocycles. The van der Waals surface area contributed by atoms with Gasteiger partial charge in [-0.05, 0) is 153 Å². The second-order valence-corrected chi connectivity index (χ2v) is 18.1. The Morgan fingerprint density at radius 2 is 0.767 bits per heavy atom. The molecule has 73 heavy (non-hydrogen) atoms. The van der Waals surface area contributed by atoms with Gasteiger partial charge >= 0.3 is 0 Å². The van der Waals surface area contributed by atoms with E-state index in [0.717, 1.165) is 77.6 Å². The van der Waals surface area contributed by atoms with E-state index in [2.05, 4.69) is 119 Å². The molecule has 0 radical (unpaired) electrons. The minimum absolute atomic E-state index is 0.0562.